The van der Waals surface area contributed by atoms with Gasteiger partial charge in [0, 0.05) is 25.0 Å². The molecule has 1 aliphatic rings. The molecule has 1 saturated heterocycles. The van der Waals surface area contributed by atoms with Crippen molar-refractivity contribution in [3.8, 4) is 0 Å². The molecule has 0 aromatic carbocycles. The third-order valence-corrected chi connectivity index (χ3v) is 3.89. The van der Waals surface area contributed by atoms with E-state index in [4.69, 9.17) is 10.5 Å². The van der Waals surface area contributed by atoms with Gasteiger partial charge < -0.3 is 15.4 Å². The highest BCUT2D eigenvalue weighted by molar-refractivity contribution is 7.09. The van der Waals surface area contributed by atoms with Crippen LogP contribution in [0.15, 0.2) is 5.38 Å². The molecule has 5 nitrogen and oxygen atoms in total. The maximum atomic E-state index is 12.3. The number of hydrogen-bond donors (Lipinski definition) is 1. The molecule has 1 fully saturated rings. The average molecular weight is 269 g/mol. The fourth-order valence-electron chi connectivity index (χ4n) is 2.10. The summed E-state index contributed by atoms with van der Waals surface area (Å²) in [7, 11) is 0. The molecule has 18 heavy (non-hydrogen) atoms. The molecule has 0 spiro atoms. The van der Waals surface area contributed by atoms with Gasteiger partial charge in [-0.25, -0.2) is 4.98 Å². The van der Waals surface area contributed by atoms with E-state index < -0.39 is 0 Å². The van der Waals surface area contributed by atoms with Crippen LogP contribution in [0.3, 0.4) is 0 Å². The summed E-state index contributed by atoms with van der Waals surface area (Å²) in [5.41, 5.74) is 6.01. The predicted molar refractivity (Wildman–Crippen MR) is 70.5 cm³/mol. The number of carbonyl (C=O) groups is 1. The van der Waals surface area contributed by atoms with Gasteiger partial charge in [-0.1, -0.05) is 6.92 Å². The zero-order valence-corrected chi connectivity index (χ0v) is 11.6. The van der Waals surface area contributed by atoms with E-state index in [1.54, 1.807) is 5.38 Å². The zero-order valence-electron chi connectivity index (χ0n) is 10.8. The summed E-state index contributed by atoms with van der Waals surface area (Å²) in [6.07, 6.45) is 1.13. The van der Waals surface area contributed by atoms with Crippen LogP contribution in [-0.2, 0) is 11.3 Å². The van der Waals surface area contributed by atoms with E-state index in [9.17, 15) is 4.79 Å². The molecule has 1 aliphatic heterocycles. The van der Waals surface area contributed by atoms with Crippen LogP contribution in [-0.4, -0.2) is 41.1 Å². The van der Waals surface area contributed by atoms with Crippen molar-refractivity contribution in [2.24, 2.45) is 5.73 Å². The van der Waals surface area contributed by atoms with E-state index in [0.717, 1.165) is 11.4 Å². The van der Waals surface area contributed by atoms with Crippen molar-refractivity contribution in [2.75, 3.05) is 13.1 Å². The highest BCUT2D eigenvalue weighted by Gasteiger charge is 2.28. The van der Waals surface area contributed by atoms with Gasteiger partial charge in [-0.3, -0.25) is 4.79 Å². The van der Waals surface area contributed by atoms with Crippen LogP contribution in [0.1, 0.15) is 35.8 Å². The number of rotatable bonds is 3. The van der Waals surface area contributed by atoms with E-state index in [1.165, 1.54) is 11.3 Å². The first-order valence-corrected chi connectivity index (χ1v) is 7.11. The van der Waals surface area contributed by atoms with Crippen LogP contribution in [0.5, 0.6) is 0 Å². The molecule has 2 N–H and O–H groups in total. The Morgan fingerprint density at radius 2 is 2.44 bits per heavy atom. The van der Waals surface area contributed by atoms with Gasteiger partial charge in [-0.15, -0.1) is 11.3 Å². The van der Waals surface area contributed by atoms with Crippen LogP contribution in [0.25, 0.3) is 0 Å². The lowest BCUT2D eigenvalue weighted by Gasteiger charge is -2.36. The summed E-state index contributed by atoms with van der Waals surface area (Å²) in [5.74, 6) is -0.0143. The van der Waals surface area contributed by atoms with Gasteiger partial charge in [-0.05, 0) is 13.3 Å². The van der Waals surface area contributed by atoms with Crippen LogP contribution < -0.4 is 5.73 Å². The molecule has 0 saturated carbocycles. The molecule has 1 aromatic rings. The summed E-state index contributed by atoms with van der Waals surface area (Å²) in [6, 6.07) is 0. The maximum absolute atomic E-state index is 12.3. The van der Waals surface area contributed by atoms with Gasteiger partial charge in [0.2, 0.25) is 0 Å². The van der Waals surface area contributed by atoms with E-state index in [1.807, 2.05) is 11.8 Å². The molecular formula is C12H19N3O2S. The van der Waals surface area contributed by atoms with Crippen LogP contribution in [0, 0.1) is 0 Å². The molecule has 2 rings (SSSR count). The molecule has 1 aromatic heterocycles. The first kappa shape index (κ1) is 13.5. The number of nitrogens with two attached hydrogens (primary N) is 1. The van der Waals surface area contributed by atoms with Gasteiger partial charge in [0.05, 0.1) is 12.2 Å². The van der Waals surface area contributed by atoms with Crippen molar-refractivity contribution in [1.29, 1.82) is 0 Å². The van der Waals surface area contributed by atoms with Crippen LogP contribution in [0.4, 0.5) is 0 Å². The van der Waals surface area contributed by atoms with Gasteiger partial charge >= 0.3 is 0 Å². The molecule has 2 atom stereocenters. The first-order valence-electron chi connectivity index (χ1n) is 6.23. The Bertz CT molecular complexity index is 421. The lowest BCUT2D eigenvalue weighted by atomic mass is 10.1. The van der Waals surface area contributed by atoms with Crippen LogP contribution >= 0.6 is 11.3 Å². The third kappa shape index (κ3) is 2.88. The van der Waals surface area contributed by atoms with E-state index in [-0.39, 0.29) is 18.1 Å². The van der Waals surface area contributed by atoms with Crippen molar-refractivity contribution in [3.63, 3.8) is 0 Å². The number of carbonyl (C=O) groups excluding carboxylic acids is 1. The Labute approximate surface area is 111 Å². The smallest absolute Gasteiger partial charge is 0.273 e. The molecular weight excluding hydrogens is 250 g/mol. The van der Waals surface area contributed by atoms with Crippen LogP contribution in [0.2, 0.25) is 0 Å². The Hall–Kier alpha value is -0.980. The van der Waals surface area contributed by atoms with Crippen molar-refractivity contribution < 1.29 is 9.53 Å². The number of nitrogens with zero attached hydrogens (tertiary/aromatic N) is 2. The van der Waals surface area contributed by atoms with Gasteiger partial charge in [0.25, 0.3) is 5.91 Å². The SMILES string of the molecule is CC[C@@H]1CN(C(=O)c2csc(CN)n2)C[C@@H](C)O1. The lowest BCUT2D eigenvalue weighted by Crippen LogP contribution is -2.49. The minimum Gasteiger partial charge on any atom is -0.372 e. The largest absolute Gasteiger partial charge is 0.372 e. The quantitative estimate of drug-likeness (QED) is 0.896. The summed E-state index contributed by atoms with van der Waals surface area (Å²) in [5, 5.41) is 2.58. The number of morpholine rings is 1. The first-order chi connectivity index (χ1) is 8.63. The Morgan fingerprint density at radius 1 is 1.67 bits per heavy atom. The Kier molecular flexibility index (Phi) is 4.31. The molecule has 100 valence electrons. The topological polar surface area (TPSA) is 68.5 Å². The second kappa shape index (κ2) is 5.77. The van der Waals surface area contributed by atoms with Gasteiger partial charge in [0.1, 0.15) is 10.7 Å². The normalized spacial score (nSPS) is 24.3. The monoisotopic (exact) mass is 269 g/mol. The number of amides is 1. The zero-order chi connectivity index (χ0) is 13.1. The number of aromatic nitrogens is 1. The number of ether oxygens (including phenoxy) is 1. The average Bonchev–Trinajstić information content (AvgIpc) is 2.85. The minimum absolute atomic E-state index is 0.0143. The van der Waals surface area contributed by atoms with Gasteiger partial charge in [0.15, 0.2) is 0 Å². The van der Waals surface area contributed by atoms with Crippen molar-refractivity contribution in [3.05, 3.63) is 16.1 Å². The number of hydrogen-bond acceptors (Lipinski definition) is 5. The molecule has 0 radical (unpaired) electrons. The molecule has 0 bridgehead atoms. The minimum atomic E-state index is -0.0143. The Balaban J connectivity index is 2.07. The summed E-state index contributed by atoms with van der Waals surface area (Å²) in [4.78, 5) is 18.4. The summed E-state index contributed by atoms with van der Waals surface area (Å²) >= 11 is 1.43. The third-order valence-electron chi connectivity index (χ3n) is 3.01. The Morgan fingerprint density at radius 3 is 3.06 bits per heavy atom. The van der Waals surface area contributed by atoms with E-state index >= 15 is 0 Å². The standard InChI is InChI=1S/C12H19N3O2S/c1-3-9-6-15(5-8(2)17-9)12(16)10-7-18-11(4-13)14-10/h7-9H,3-6,13H2,1-2H3/t8-,9-/m1/s1. The highest BCUT2D eigenvalue weighted by atomic mass is 32.1. The molecule has 6 heteroatoms. The second-order valence-electron chi connectivity index (χ2n) is 4.52. The number of thiazole rings is 1. The van der Waals surface area contributed by atoms with Crippen molar-refractivity contribution in [1.82, 2.24) is 9.88 Å². The molecule has 2 heterocycles. The van der Waals surface area contributed by atoms with Crippen molar-refractivity contribution >= 4 is 17.2 Å². The summed E-state index contributed by atoms with van der Waals surface area (Å²) in [6.45, 7) is 5.73. The fourth-order valence-corrected chi connectivity index (χ4v) is 2.75. The van der Waals surface area contributed by atoms with E-state index in [2.05, 4.69) is 11.9 Å². The summed E-state index contributed by atoms with van der Waals surface area (Å²) < 4.78 is 5.75. The fraction of sp³-hybridized carbons (Fsp3) is 0.667. The van der Waals surface area contributed by atoms with E-state index in [0.29, 0.717) is 25.3 Å². The molecule has 1 amide bonds. The second-order valence-corrected chi connectivity index (χ2v) is 5.46. The molecule has 0 unspecified atom stereocenters. The lowest BCUT2D eigenvalue weighted by molar-refractivity contribution is -0.0682. The highest BCUT2D eigenvalue weighted by Crippen LogP contribution is 2.17. The van der Waals surface area contributed by atoms with Crippen molar-refractivity contribution in [2.45, 2.75) is 39.0 Å². The van der Waals surface area contributed by atoms with Gasteiger partial charge in [-0.2, -0.15) is 0 Å². The maximum Gasteiger partial charge on any atom is 0.273 e. The predicted octanol–water partition coefficient (Wildman–Crippen LogP) is 1.24. The molecule has 0 aliphatic carbocycles.